The van der Waals surface area contributed by atoms with Gasteiger partial charge in [-0.15, -0.1) is 0 Å². The summed E-state index contributed by atoms with van der Waals surface area (Å²) in [5, 5.41) is 21.8. The average Bonchev–Trinajstić information content (AvgIpc) is 2.47. The van der Waals surface area contributed by atoms with Gasteiger partial charge in [0.25, 0.3) is 0 Å². The van der Waals surface area contributed by atoms with Crippen LogP contribution < -0.4 is 10.1 Å². The third-order valence-corrected chi connectivity index (χ3v) is 4.05. The maximum absolute atomic E-state index is 11.2. The van der Waals surface area contributed by atoms with E-state index in [0.717, 1.165) is 32.1 Å². The summed E-state index contributed by atoms with van der Waals surface area (Å²) in [7, 11) is 1.57. The van der Waals surface area contributed by atoms with Crippen LogP contribution in [0.1, 0.15) is 44.1 Å². The number of carbonyl (C=O) groups is 1. The first kappa shape index (κ1) is 15.2. The zero-order valence-corrected chi connectivity index (χ0v) is 12.2. The van der Waals surface area contributed by atoms with Crippen molar-refractivity contribution in [2.45, 2.75) is 44.1 Å². The molecule has 0 saturated heterocycles. The quantitative estimate of drug-likeness (QED) is 0.869. The minimum absolute atomic E-state index is 0.0646. The van der Waals surface area contributed by atoms with E-state index in [2.05, 4.69) is 11.4 Å². The van der Waals surface area contributed by atoms with Gasteiger partial charge in [-0.3, -0.25) is 4.79 Å². The number of carboxylic acid groups (broad SMARTS) is 1. The second kappa shape index (κ2) is 6.49. The molecule has 0 aromatic heterocycles. The van der Waals surface area contributed by atoms with Crippen LogP contribution >= 0.6 is 0 Å². The SMILES string of the molecule is COc1ccc(C#N)c(NC2(CC(=O)O)CCCCC2)c1. The maximum atomic E-state index is 11.2. The van der Waals surface area contributed by atoms with Crippen LogP contribution in [0, 0.1) is 11.3 Å². The highest BCUT2D eigenvalue weighted by Gasteiger charge is 2.34. The van der Waals surface area contributed by atoms with Gasteiger partial charge in [-0.05, 0) is 25.0 Å². The van der Waals surface area contributed by atoms with Crippen molar-refractivity contribution in [1.82, 2.24) is 0 Å². The van der Waals surface area contributed by atoms with Crippen LogP contribution in [0.3, 0.4) is 0 Å². The molecule has 0 unspecified atom stereocenters. The van der Waals surface area contributed by atoms with Gasteiger partial charge in [0.15, 0.2) is 0 Å². The Bertz CT molecular complexity index is 557. The number of hydrogen-bond donors (Lipinski definition) is 2. The Hall–Kier alpha value is -2.22. The fourth-order valence-electron chi connectivity index (χ4n) is 3.00. The van der Waals surface area contributed by atoms with Gasteiger partial charge in [-0.25, -0.2) is 0 Å². The molecule has 1 aliphatic rings. The monoisotopic (exact) mass is 288 g/mol. The molecule has 5 heteroatoms. The van der Waals surface area contributed by atoms with Gasteiger partial charge in [0.2, 0.25) is 0 Å². The molecular weight excluding hydrogens is 268 g/mol. The van der Waals surface area contributed by atoms with Crippen LogP contribution in [-0.4, -0.2) is 23.7 Å². The number of carboxylic acids is 1. The molecule has 2 rings (SSSR count). The summed E-state index contributed by atoms with van der Waals surface area (Å²) in [6.45, 7) is 0. The van der Waals surface area contributed by atoms with Gasteiger partial charge in [-0.2, -0.15) is 5.26 Å². The molecule has 5 nitrogen and oxygen atoms in total. The summed E-state index contributed by atoms with van der Waals surface area (Å²) < 4.78 is 5.19. The molecule has 0 amide bonds. The van der Waals surface area contributed by atoms with E-state index in [9.17, 15) is 15.2 Å². The van der Waals surface area contributed by atoms with Gasteiger partial charge < -0.3 is 15.2 Å². The summed E-state index contributed by atoms with van der Waals surface area (Å²) in [5.74, 6) is -0.163. The summed E-state index contributed by atoms with van der Waals surface area (Å²) in [6.07, 6.45) is 4.82. The van der Waals surface area contributed by atoms with Crippen molar-refractivity contribution < 1.29 is 14.6 Å². The fourth-order valence-corrected chi connectivity index (χ4v) is 3.00. The van der Waals surface area contributed by atoms with E-state index in [4.69, 9.17) is 4.74 Å². The van der Waals surface area contributed by atoms with E-state index in [-0.39, 0.29) is 6.42 Å². The molecule has 0 aliphatic heterocycles. The van der Waals surface area contributed by atoms with Crippen LogP contribution in [0.15, 0.2) is 18.2 Å². The Kier molecular flexibility index (Phi) is 4.69. The first-order valence-corrected chi connectivity index (χ1v) is 7.17. The Labute approximate surface area is 124 Å². The van der Waals surface area contributed by atoms with E-state index in [1.165, 1.54) is 0 Å². The highest BCUT2D eigenvalue weighted by molar-refractivity contribution is 5.70. The first-order valence-electron chi connectivity index (χ1n) is 7.17. The molecule has 0 heterocycles. The highest BCUT2D eigenvalue weighted by Crippen LogP contribution is 2.36. The van der Waals surface area contributed by atoms with Crippen LogP contribution in [-0.2, 0) is 4.79 Å². The standard InChI is InChI=1S/C16H20N2O3/c1-21-13-6-5-12(11-17)14(9-13)18-16(10-15(19)20)7-3-2-4-8-16/h5-6,9,18H,2-4,7-8,10H2,1H3,(H,19,20). The molecule has 1 fully saturated rings. The van der Waals surface area contributed by atoms with Crippen LogP contribution in [0.25, 0.3) is 0 Å². The number of nitrogens with zero attached hydrogens (tertiary/aromatic N) is 1. The van der Waals surface area contributed by atoms with Crippen molar-refractivity contribution in [3.8, 4) is 11.8 Å². The maximum Gasteiger partial charge on any atom is 0.305 e. The number of benzene rings is 1. The number of hydrogen-bond acceptors (Lipinski definition) is 4. The van der Waals surface area contributed by atoms with Crippen LogP contribution in [0.4, 0.5) is 5.69 Å². The lowest BCUT2D eigenvalue weighted by atomic mass is 9.79. The second-order valence-electron chi connectivity index (χ2n) is 5.56. The molecule has 1 aromatic carbocycles. The van der Waals surface area contributed by atoms with Crippen molar-refractivity contribution in [3.63, 3.8) is 0 Å². The van der Waals surface area contributed by atoms with Gasteiger partial charge in [0.1, 0.15) is 11.8 Å². The van der Waals surface area contributed by atoms with Gasteiger partial charge in [0, 0.05) is 11.6 Å². The smallest absolute Gasteiger partial charge is 0.305 e. The molecule has 0 radical (unpaired) electrons. The van der Waals surface area contributed by atoms with Crippen LogP contribution in [0.2, 0.25) is 0 Å². The summed E-state index contributed by atoms with van der Waals surface area (Å²) in [4.78, 5) is 11.2. The van der Waals surface area contributed by atoms with Crippen molar-refractivity contribution in [3.05, 3.63) is 23.8 Å². The van der Waals surface area contributed by atoms with Gasteiger partial charge >= 0.3 is 5.97 Å². The Morgan fingerprint density at radius 1 is 1.43 bits per heavy atom. The minimum atomic E-state index is -0.814. The Morgan fingerprint density at radius 2 is 2.14 bits per heavy atom. The zero-order chi connectivity index (χ0) is 15.3. The predicted molar refractivity (Wildman–Crippen MR) is 79.4 cm³/mol. The molecule has 21 heavy (non-hydrogen) atoms. The lowest BCUT2D eigenvalue weighted by Gasteiger charge is -2.38. The van der Waals surface area contributed by atoms with E-state index in [1.54, 1.807) is 25.3 Å². The molecule has 0 atom stereocenters. The summed E-state index contributed by atoms with van der Waals surface area (Å²) in [5.41, 5.74) is 0.688. The second-order valence-corrected chi connectivity index (χ2v) is 5.56. The fraction of sp³-hybridized carbons (Fsp3) is 0.500. The van der Waals surface area contributed by atoms with E-state index in [1.807, 2.05) is 0 Å². The van der Waals surface area contributed by atoms with E-state index in [0.29, 0.717) is 17.0 Å². The molecular formula is C16H20N2O3. The number of anilines is 1. The number of aliphatic carboxylic acids is 1. The largest absolute Gasteiger partial charge is 0.497 e. The Morgan fingerprint density at radius 3 is 2.71 bits per heavy atom. The predicted octanol–water partition coefficient (Wildman–Crippen LogP) is 3.16. The number of methoxy groups -OCH3 is 1. The first-order chi connectivity index (χ1) is 10.1. The summed E-state index contributed by atoms with van der Waals surface area (Å²) in [6, 6.07) is 7.33. The van der Waals surface area contributed by atoms with Crippen molar-refractivity contribution in [2.75, 3.05) is 12.4 Å². The molecule has 1 saturated carbocycles. The lowest BCUT2D eigenvalue weighted by molar-refractivity contribution is -0.138. The molecule has 112 valence electrons. The highest BCUT2D eigenvalue weighted by atomic mass is 16.5. The number of rotatable bonds is 5. The molecule has 1 aliphatic carbocycles. The third kappa shape index (κ3) is 3.66. The molecule has 0 spiro atoms. The van der Waals surface area contributed by atoms with Crippen LogP contribution in [0.5, 0.6) is 5.75 Å². The molecule has 1 aromatic rings. The Balaban J connectivity index is 2.31. The third-order valence-electron chi connectivity index (χ3n) is 4.05. The molecule has 2 N–H and O–H groups in total. The lowest BCUT2D eigenvalue weighted by Crippen LogP contribution is -2.42. The minimum Gasteiger partial charge on any atom is -0.497 e. The number of nitriles is 1. The average molecular weight is 288 g/mol. The normalized spacial score (nSPS) is 16.8. The van der Waals surface area contributed by atoms with Crippen molar-refractivity contribution >= 4 is 11.7 Å². The van der Waals surface area contributed by atoms with E-state index >= 15 is 0 Å². The zero-order valence-electron chi connectivity index (χ0n) is 12.2. The topological polar surface area (TPSA) is 82.3 Å². The number of nitrogens with one attached hydrogen (secondary N) is 1. The number of ether oxygens (including phenoxy) is 1. The van der Waals surface area contributed by atoms with E-state index < -0.39 is 11.5 Å². The van der Waals surface area contributed by atoms with Crippen molar-refractivity contribution in [1.29, 1.82) is 5.26 Å². The van der Waals surface area contributed by atoms with Gasteiger partial charge in [0.05, 0.1) is 24.8 Å². The van der Waals surface area contributed by atoms with Crippen molar-refractivity contribution in [2.24, 2.45) is 0 Å². The molecule has 0 bridgehead atoms. The summed E-state index contributed by atoms with van der Waals surface area (Å²) >= 11 is 0. The van der Waals surface area contributed by atoms with Gasteiger partial charge in [-0.1, -0.05) is 19.3 Å².